The quantitative estimate of drug-likeness (QED) is 0.801. The minimum Gasteiger partial charge on any atom is -0.478 e. The highest BCUT2D eigenvalue weighted by Gasteiger charge is 2.30. The minimum atomic E-state index is -1.20. The van der Waals surface area contributed by atoms with Gasteiger partial charge in [-0.15, -0.1) is 0 Å². The summed E-state index contributed by atoms with van der Waals surface area (Å²) in [5.41, 5.74) is -0.0454. The highest BCUT2D eigenvalue weighted by molar-refractivity contribution is 6.37. The fourth-order valence-electron chi connectivity index (χ4n) is 2.26. The first-order valence-corrected chi connectivity index (χ1v) is 6.92. The Hall–Kier alpha value is -1.30. The molecular weight excluding hydrogens is 303 g/mol. The molecule has 1 aliphatic heterocycles. The van der Waals surface area contributed by atoms with Crippen molar-refractivity contribution in [2.75, 3.05) is 11.9 Å². The monoisotopic (exact) mass is 316 g/mol. The van der Waals surface area contributed by atoms with Crippen molar-refractivity contribution in [3.05, 3.63) is 27.7 Å². The molecule has 1 fully saturated rings. The molecule has 1 saturated heterocycles. The van der Waals surface area contributed by atoms with Crippen LogP contribution in [0.15, 0.2) is 12.1 Å². The third kappa shape index (κ3) is 3.06. The Morgan fingerprint density at radius 3 is 2.65 bits per heavy atom. The molecule has 2 rings (SSSR count). The van der Waals surface area contributed by atoms with Crippen LogP contribution >= 0.6 is 23.2 Å². The van der Waals surface area contributed by atoms with E-state index >= 15 is 0 Å². The van der Waals surface area contributed by atoms with E-state index in [1.165, 1.54) is 12.1 Å². The van der Waals surface area contributed by atoms with Crippen LogP contribution in [0.4, 0.5) is 5.69 Å². The molecule has 1 amide bonds. The summed E-state index contributed by atoms with van der Waals surface area (Å²) in [5.74, 6) is -1.30. The number of carbonyl (C=O) groups excluding carboxylic acids is 1. The van der Waals surface area contributed by atoms with E-state index in [2.05, 4.69) is 10.6 Å². The maximum atomic E-state index is 12.2. The van der Waals surface area contributed by atoms with Crippen LogP contribution in [0.2, 0.25) is 10.0 Å². The van der Waals surface area contributed by atoms with E-state index in [0.717, 1.165) is 13.0 Å². The van der Waals surface area contributed by atoms with Crippen molar-refractivity contribution >= 4 is 40.8 Å². The lowest BCUT2D eigenvalue weighted by Crippen LogP contribution is -2.39. The molecule has 5 nitrogen and oxygen atoms in total. The van der Waals surface area contributed by atoms with E-state index in [0.29, 0.717) is 0 Å². The fraction of sp³-hybridized carbons (Fsp3) is 0.385. The van der Waals surface area contributed by atoms with Gasteiger partial charge in [0.15, 0.2) is 0 Å². The maximum absolute atomic E-state index is 12.2. The van der Waals surface area contributed by atoms with Gasteiger partial charge >= 0.3 is 5.97 Å². The SMILES string of the molecule is CC1CCNC1C(=O)Nc1c(Cl)cc(Cl)cc1C(=O)O. The van der Waals surface area contributed by atoms with E-state index in [1.807, 2.05) is 6.92 Å². The molecule has 20 heavy (non-hydrogen) atoms. The number of carboxylic acid groups (broad SMARTS) is 1. The molecule has 2 atom stereocenters. The van der Waals surface area contributed by atoms with Crippen molar-refractivity contribution < 1.29 is 14.7 Å². The minimum absolute atomic E-state index is 0.0782. The topological polar surface area (TPSA) is 78.4 Å². The smallest absolute Gasteiger partial charge is 0.337 e. The van der Waals surface area contributed by atoms with Crippen LogP contribution in [-0.4, -0.2) is 29.6 Å². The summed E-state index contributed by atoms with van der Waals surface area (Å²) in [6, 6.07) is 2.32. The van der Waals surface area contributed by atoms with E-state index in [-0.39, 0.29) is 39.2 Å². The van der Waals surface area contributed by atoms with E-state index in [9.17, 15) is 9.59 Å². The second kappa shape index (κ2) is 5.99. The molecule has 0 saturated carbocycles. The standard InChI is InChI=1S/C13H14Cl2N2O3/c1-6-2-3-16-10(6)12(18)17-11-8(13(19)20)4-7(14)5-9(11)15/h4-6,10,16H,2-3H2,1H3,(H,17,18)(H,19,20). The van der Waals surface area contributed by atoms with Gasteiger partial charge in [-0.2, -0.15) is 0 Å². The Morgan fingerprint density at radius 2 is 2.10 bits per heavy atom. The van der Waals surface area contributed by atoms with Crippen LogP contribution in [0.1, 0.15) is 23.7 Å². The van der Waals surface area contributed by atoms with E-state index in [4.69, 9.17) is 28.3 Å². The molecule has 0 radical (unpaired) electrons. The van der Waals surface area contributed by atoms with Crippen molar-refractivity contribution in [1.82, 2.24) is 5.32 Å². The predicted octanol–water partition coefficient (Wildman–Crippen LogP) is 2.63. The Labute approximate surface area is 126 Å². The Balaban J connectivity index is 2.29. The lowest BCUT2D eigenvalue weighted by molar-refractivity contribution is -0.118. The van der Waals surface area contributed by atoms with Gasteiger partial charge in [-0.25, -0.2) is 4.79 Å². The first-order chi connectivity index (χ1) is 9.40. The third-order valence-corrected chi connectivity index (χ3v) is 3.87. The summed E-state index contributed by atoms with van der Waals surface area (Å²) in [6.45, 7) is 2.73. The van der Waals surface area contributed by atoms with Gasteiger partial charge < -0.3 is 15.7 Å². The zero-order valence-electron chi connectivity index (χ0n) is 10.7. The zero-order chi connectivity index (χ0) is 14.9. The van der Waals surface area contributed by atoms with Gasteiger partial charge in [0.05, 0.1) is 22.3 Å². The number of carboxylic acids is 1. The number of nitrogens with one attached hydrogen (secondary N) is 2. The first-order valence-electron chi connectivity index (χ1n) is 6.16. The molecule has 1 aliphatic rings. The molecule has 7 heteroatoms. The van der Waals surface area contributed by atoms with Crippen LogP contribution in [0, 0.1) is 5.92 Å². The summed E-state index contributed by atoms with van der Waals surface area (Å²) in [7, 11) is 0. The lowest BCUT2D eigenvalue weighted by Gasteiger charge is -2.17. The number of benzene rings is 1. The molecule has 2 unspecified atom stereocenters. The lowest BCUT2D eigenvalue weighted by atomic mass is 10.0. The highest BCUT2D eigenvalue weighted by Crippen LogP contribution is 2.31. The summed E-state index contributed by atoms with van der Waals surface area (Å²) < 4.78 is 0. The zero-order valence-corrected chi connectivity index (χ0v) is 12.3. The highest BCUT2D eigenvalue weighted by atomic mass is 35.5. The normalized spacial score (nSPS) is 21.8. The number of hydrogen-bond donors (Lipinski definition) is 3. The fourth-order valence-corrected chi connectivity index (χ4v) is 2.80. The van der Waals surface area contributed by atoms with Crippen molar-refractivity contribution in [3.63, 3.8) is 0 Å². The molecule has 0 spiro atoms. The van der Waals surface area contributed by atoms with Crippen LogP contribution in [-0.2, 0) is 4.79 Å². The number of halogens is 2. The molecule has 0 bridgehead atoms. The predicted molar refractivity (Wildman–Crippen MR) is 77.6 cm³/mol. The molecular formula is C13H14Cl2N2O3. The third-order valence-electron chi connectivity index (χ3n) is 3.35. The second-order valence-electron chi connectivity index (χ2n) is 4.80. The van der Waals surface area contributed by atoms with Crippen molar-refractivity contribution in [3.8, 4) is 0 Å². The molecule has 0 aliphatic carbocycles. The van der Waals surface area contributed by atoms with E-state index in [1.54, 1.807) is 0 Å². The summed E-state index contributed by atoms with van der Waals surface area (Å²) in [6.07, 6.45) is 0.901. The summed E-state index contributed by atoms with van der Waals surface area (Å²) in [4.78, 5) is 23.4. The molecule has 1 aromatic rings. The largest absolute Gasteiger partial charge is 0.478 e. The van der Waals surface area contributed by atoms with Crippen molar-refractivity contribution in [2.45, 2.75) is 19.4 Å². The van der Waals surface area contributed by atoms with Crippen LogP contribution in [0.3, 0.4) is 0 Å². The van der Waals surface area contributed by atoms with Crippen LogP contribution in [0.5, 0.6) is 0 Å². The Bertz CT molecular complexity index is 563. The average Bonchev–Trinajstić information content (AvgIpc) is 2.78. The molecule has 1 aromatic carbocycles. The Morgan fingerprint density at radius 1 is 1.40 bits per heavy atom. The van der Waals surface area contributed by atoms with E-state index < -0.39 is 5.97 Å². The molecule has 1 heterocycles. The first kappa shape index (κ1) is 15.1. The van der Waals surface area contributed by atoms with Gasteiger partial charge in [0.25, 0.3) is 0 Å². The van der Waals surface area contributed by atoms with Gasteiger partial charge in [-0.3, -0.25) is 4.79 Å². The van der Waals surface area contributed by atoms with Gasteiger partial charge in [-0.1, -0.05) is 30.1 Å². The summed E-state index contributed by atoms with van der Waals surface area (Å²) >= 11 is 11.8. The maximum Gasteiger partial charge on any atom is 0.337 e. The molecule has 108 valence electrons. The average molecular weight is 317 g/mol. The number of hydrogen-bond acceptors (Lipinski definition) is 3. The van der Waals surface area contributed by atoms with Gasteiger partial charge in [0.1, 0.15) is 0 Å². The number of amides is 1. The van der Waals surface area contributed by atoms with Crippen LogP contribution in [0.25, 0.3) is 0 Å². The molecule has 0 aromatic heterocycles. The van der Waals surface area contributed by atoms with Gasteiger partial charge in [0.2, 0.25) is 5.91 Å². The second-order valence-corrected chi connectivity index (χ2v) is 5.65. The van der Waals surface area contributed by atoms with Crippen LogP contribution < -0.4 is 10.6 Å². The van der Waals surface area contributed by atoms with Gasteiger partial charge in [-0.05, 0) is 31.0 Å². The Kier molecular flexibility index (Phi) is 4.52. The molecule has 3 N–H and O–H groups in total. The summed E-state index contributed by atoms with van der Waals surface area (Å²) in [5, 5.41) is 15.1. The number of rotatable bonds is 3. The van der Waals surface area contributed by atoms with Crippen molar-refractivity contribution in [1.29, 1.82) is 0 Å². The number of carbonyl (C=O) groups is 2. The van der Waals surface area contributed by atoms with Crippen molar-refractivity contribution in [2.24, 2.45) is 5.92 Å². The van der Waals surface area contributed by atoms with Gasteiger partial charge in [0, 0.05) is 5.02 Å². The number of anilines is 1. The number of aromatic carboxylic acids is 1.